The molecule has 1 aromatic heterocycles. The molecule has 4 rings (SSSR count). The van der Waals surface area contributed by atoms with Crippen LogP contribution < -0.4 is 4.74 Å². The quantitative estimate of drug-likeness (QED) is 0.317. The number of aliphatic hydroxyl groups is 1. The molecule has 0 saturated carbocycles. The number of likely N-dealkylation sites (tertiary alicyclic amines) is 1. The van der Waals surface area contributed by atoms with E-state index in [-0.39, 0.29) is 17.7 Å². The van der Waals surface area contributed by atoms with Crippen LogP contribution in [0.15, 0.2) is 77.0 Å². The molecular formula is C24H18BrFN2O4. The van der Waals surface area contributed by atoms with Crippen molar-refractivity contribution in [1.82, 2.24) is 9.88 Å². The summed E-state index contributed by atoms with van der Waals surface area (Å²) in [5, 5.41) is 11.1. The van der Waals surface area contributed by atoms with E-state index in [1.54, 1.807) is 48.8 Å². The molecule has 1 aliphatic rings. The molecule has 0 bridgehead atoms. The Hall–Kier alpha value is -3.52. The van der Waals surface area contributed by atoms with Crippen molar-refractivity contribution in [2.45, 2.75) is 12.6 Å². The topological polar surface area (TPSA) is 79.7 Å². The number of carbonyl (C=O) groups is 2. The molecular weight excluding hydrogens is 479 g/mol. The van der Waals surface area contributed by atoms with Crippen LogP contribution in [0.25, 0.3) is 5.76 Å². The van der Waals surface area contributed by atoms with Crippen LogP contribution in [-0.4, -0.2) is 33.8 Å². The number of hydrogen-bond acceptors (Lipinski definition) is 5. The number of ketones is 1. The first-order valence-corrected chi connectivity index (χ1v) is 10.5. The number of pyridine rings is 1. The summed E-state index contributed by atoms with van der Waals surface area (Å²) in [7, 11) is 1.50. The van der Waals surface area contributed by atoms with E-state index in [1.807, 2.05) is 0 Å². The van der Waals surface area contributed by atoms with E-state index in [0.29, 0.717) is 21.3 Å². The predicted octanol–water partition coefficient (Wildman–Crippen LogP) is 4.61. The smallest absolute Gasteiger partial charge is 0.295 e. The van der Waals surface area contributed by atoms with Gasteiger partial charge in [0.25, 0.3) is 11.7 Å². The summed E-state index contributed by atoms with van der Waals surface area (Å²) in [6, 6.07) is 13.0. The fourth-order valence-corrected chi connectivity index (χ4v) is 4.26. The number of rotatable bonds is 5. The fraction of sp³-hybridized carbons (Fsp3) is 0.125. The van der Waals surface area contributed by atoms with Gasteiger partial charge >= 0.3 is 0 Å². The van der Waals surface area contributed by atoms with Gasteiger partial charge in [-0.15, -0.1) is 0 Å². The van der Waals surface area contributed by atoms with Gasteiger partial charge in [0, 0.05) is 30.1 Å². The molecule has 1 fully saturated rings. The number of aromatic nitrogens is 1. The van der Waals surface area contributed by atoms with E-state index in [0.717, 1.165) is 0 Å². The second kappa shape index (κ2) is 8.92. The van der Waals surface area contributed by atoms with Crippen LogP contribution in [0.4, 0.5) is 4.39 Å². The number of hydrogen-bond donors (Lipinski definition) is 1. The molecule has 1 N–H and O–H groups in total. The summed E-state index contributed by atoms with van der Waals surface area (Å²) in [4.78, 5) is 31.3. The second-order valence-corrected chi connectivity index (χ2v) is 8.01. The van der Waals surface area contributed by atoms with Gasteiger partial charge in [-0.3, -0.25) is 14.6 Å². The average Bonchev–Trinajstić information content (AvgIpc) is 3.04. The minimum atomic E-state index is -1.10. The van der Waals surface area contributed by atoms with Crippen molar-refractivity contribution < 1.29 is 23.8 Å². The molecule has 0 spiro atoms. The summed E-state index contributed by atoms with van der Waals surface area (Å²) in [6.45, 7) is 0.0283. The Morgan fingerprint density at radius 3 is 2.62 bits per heavy atom. The van der Waals surface area contributed by atoms with Gasteiger partial charge in [0.05, 0.1) is 23.2 Å². The Labute approximate surface area is 192 Å². The zero-order chi connectivity index (χ0) is 22.8. The van der Waals surface area contributed by atoms with Crippen LogP contribution in [0, 0.1) is 5.82 Å². The molecule has 3 aromatic rings. The van der Waals surface area contributed by atoms with Crippen LogP contribution in [-0.2, 0) is 16.1 Å². The van der Waals surface area contributed by atoms with E-state index in [2.05, 4.69) is 20.9 Å². The number of halogens is 2. The highest BCUT2D eigenvalue weighted by atomic mass is 79.9. The summed E-state index contributed by atoms with van der Waals surface area (Å²) in [6.07, 6.45) is 3.16. The SMILES string of the molecule is COc1ccc(/C(O)=C2\C(=O)C(=O)N(Cc3cccnc3)C2c2ccccc2F)cc1Br. The lowest BCUT2D eigenvalue weighted by molar-refractivity contribution is -0.140. The van der Waals surface area contributed by atoms with Gasteiger partial charge in [0.2, 0.25) is 0 Å². The number of methoxy groups -OCH3 is 1. The van der Waals surface area contributed by atoms with Gasteiger partial charge in [-0.25, -0.2) is 4.39 Å². The maximum Gasteiger partial charge on any atom is 0.295 e. The zero-order valence-corrected chi connectivity index (χ0v) is 18.5. The number of Topliss-reactive ketones (excluding diaryl/α,β-unsaturated/α-hetero) is 1. The molecule has 8 heteroatoms. The molecule has 6 nitrogen and oxygen atoms in total. The summed E-state index contributed by atoms with van der Waals surface area (Å²) in [5.41, 5.74) is 0.895. The molecule has 2 aromatic carbocycles. The van der Waals surface area contributed by atoms with Gasteiger partial charge < -0.3 is 14.7 Å². The van der Waals surface area contributed by atoms with Crippen molar-refractivity contribution in [2.75, 3.05) is 7.11 Å². The Balaban J connectivity index is 1.89. The maximum absolute atomic E-state index is 14.8. The highest BCUT2D eigenvalue weighted by Crippen LogP contribution is 2.41. The Bertz CT molecular complexity index is 1230. The fourth-order valence-electron chi connectivity index (χ4n) is 3.72. The standard InChI is InChI=1S/C24H18BrFN2O4/c1-32-19-9-8-15(11-17(19)25)22(29)20-21(16-6-2-3-7-18(16)26)28(24(31)23(20)30)13-14-5-4-10-27-12-14/h2-12,21,29H,13H2,1H3/b22-20+. The van der Waals surface area contributed by atoms with E-state index in [9.17, 15) is 19.1 Å². The molecule has 2 heterocycles. The molecule has 32 heavy (non-hydrogen) atoms. The number of aliphatic hydroxyl groups excluding tert-OH is 1. The van der Waals surface area contributed by atoms with Gasteiger partial charge in [-0.2, -0.15) is 0 Å². The summed E-state index contributed by atoms with van der Waals surface area (Å²) >= 11 is 3.35. The van der Waals surface area contributed by atoms with Gasteiger partial charge in [0.15, 0.2) is 0 Å². The van der Waals surface area contributed by atoms with Crippen molar-refractivity contribution in [3.8, 4) is 5.75 Å². The lowest BCUT2D eigenvalue weighted by atomic mass is 9.94. The third kappa shape index (κ3) is 3.89. The van der Waals surface area contributed by atoms with Crippen LogP contribution in [0.2, 0.25) is 0 Å². The molecule has 1 unspecified atom stereocenters. The maximum atomic E-state index is 14.8. The molecule has 162 valence electrons. The average molecular weight is 497 g/mol. The third-order valence-electron chi connectivity index (χ3n) is 5.24. The number of benzene rings is 2. The van der Waals surface area contributed by atoms with Gasteiger partial charge in [0.1, 0.15) is 17.3 Å². The van der Waals surface area contributed by atoms with Crippen molar-refractivity contribution >= 4 is 33.4 Å². The summed E-state index contributed by atoms with van der Waals surface area (Å²) < 4.78 is 20.6. The van der Waals surface area contributed by atoms with Crippen LogP contribution in [0.1, 0.15) is 22.7 Å². The Morgan fingerprint density at radius 2 is 1.97 bits per heavy atom. The Morgan fingerprint density at radius 1 is 1.19 bits per heavy atom. The van der Waals surface area contributed by atoms with E-state index in [4.69, 9.17) is 4.74 Å². The normalized spacial score (nSPS) is 17.6. The van der Waals surface area contributed by atoms with Gasteiger partial charge in [-0.05, 0) is 51.8 Å². The lowest BCUT2D eigenvalue weighted by Crippen LogP contribution is -2.29. The molecule has 0 radical (unpaired) electrons. The first-order valence-electron chi connectivity index (χ1n) is 9.68. The molecule has 1 amide bonds. The third-order valence-corrected chi connectivity index (χ3v) is 5.86. The Kier molecular flexibility index (Phi) is 6.05. The van der Waals surface area contributed by atoms with Crippen LogP contribution in [0.5, 0.6) is 5.75 Å². The minimum absolute atomic E-state index is 0.0283. The van der Waals surface area contributed by atoms with E-state index >= 15 is 0 Å². The van der Waals surface area contributed by atoms with Gasteiger partial charge in [-0.1, -0.05) is 24.3 Å². The number of ether oxygens (including phenoxy) is 1. The van der Waals surface area contributed by atoms with Crippen LogP contribution >= 0.6 is 15.9 Å². The number of amides is 1. The largest absolute Gasteiger partial charge is 0.507 e. The first-order chi connectivity index (χ1) is 15.4. The molecule has 1 atom stereocenters. The summed E-state index contributed by atoms with van der Waals surface area (Å²) in [5.74, 6) is -2.15. The molecule has 0 aliphatic carbocycles. The van der Waals surface area contributed by atoms with Crippen LogP contribution in [0.3, 0.4) is 0 Å². The monoisotopic (exact) mass is 496 g/mol. The molecule has 1 aliphatic heterocycles. The molecule has 1 saturated heterocycles. The predicted molar refractivity (Wildman–Crippen MR) is 119 cm³/mol. The number of nitrogens with zero attached hydrogens (tertiary/aromatic N) is 2. The van der Waals surface area contributed by atoms with Crippen molar-refractivity contribution in [2.24, 2.45) is 0 Å². The number of carbonyl (C=O) groups excluding carboxylic acids is 2. The lowest BCUT2D eigenvalue weighted by Gasteiger charge is -2.25. The minimum Gasteiger partial charge on any atom is -0.507 e. The van der Waals surface area contributed by atoms with E-state index < -0.39 is 29.3 Å². The van der Waals surface area contributed by atoms with Crippen molar-refractivity contribution in [3.63, 3.8) is 0 Å². The first kappa shape index (κ1) is 21.7. The zero-order valence-electron chi connectivity index (χ0n) is 17.0. The van der Waals surface area contributed by atoms with Crippen molar-refractivity contribution in [3.05, 3.63) is 99.5 Å². The highest BCUT2D eigenvalue weighted by molar-refractivity contribution is 9.10. The van der Waals surface area contributed by atoms with Crippen molar-refractivity contribution in [1.29, 1.82) is 0 Å². The highest BCUT2D eigenvalue weighted by Gasteiger charge is 2.47. The second-order valence-electron chi connectivity index (χ2n) is 7.16. The van der Waals surface area contributed by atoms with E-state index in [1.165, 1.54) is 30.2 Å².